The normalized spacial score (nSPS) is 10.7. The van der Waals surface area contributed by atoms with Gasteiger partial charge in [0.15, 0.2) is 5.76 Å². The molecule has 106 valence electrons. The summed E-state index contributed by atoms with van der Waals surface area (Å²) in [4.78, 5) is 23.9. The Morgan fingerprint density at radius 1 is 1.33 bits per heavy atom. The van der Waals surface area contributed by atoms with E-state index in [9.17, 15) is 9.59 Å². The molecule has 0 aliphatic carbocycles. The summed E-state index contributed by atoms with van der Waals surface area (Å²) in [6.45, 7) is 1.95. The van der Waals surface area contributed by atoms with Crippen LogP contribution in [0.1, 0.15) is 22.5 Å². The number of rotatable bonds is 3. The van der Waals surface area contributed by atoms with Gasteiger partial charge in [-0.3, -0.25) is 10.1 Å². The summed E-state index contributed by atoms with van der Waals surface area (Å²) < 4.78 is 5.05. The summed E-state index contributed by atoms with van der Waals surface area (Å²) in [7, 11) is 0. The molecule has 0 radical (unpaired) electrons. The highest BCUT2D eigenvalue weighted by Crippen LogP contribution is 2.17. The standard InChI is InChI=1S/C14H11N3O3S/c1-2-11-16-17-14(21-11)15-12(18)10-7-8-5-3-4-6-9(8)13(19)20-10/h3-7H,2H2,1H3,(H,15,17,18). The van der Waals surface area contributed by atoms with Crippen molar-refractivity contribution >= 4 is 33.1 Å². The van der Waals surface area contributed by atoms with E-state index in [1.807, 2.05) is 6.92 Å². The van der Waals surface area contributed by atoms with Gasteiger partial charge in [0.25, 0.3) is 5.91 Å². The van der Waals surface area contributed by atoms with Crippen molar-refractivity contribution in [3.05, 3.63) is 51.5 Å². The summed E-state index contributed by atoms with van der Waals surface area (Å²) in [6, 6.07) is 8.48. The lowest BCUT2D eigenvalue weighted by molar-refractivity contribution is 0.0993. The lowest BCUT2D eigenvalue weighted by Crippen LogP contribution is -2.14. The van der Waals surface area contributed by atoms with Crippen LogP contribution in [0.4, 0.5) is 5.13 Å². The van der Waals surface area contributed by atoms with Crippen LogP contribution in [0.3, 0.4) is 0 Å². The van der Waals surface area contributed by atoms with E-state index in [0.717, 1.165) is 11.4 Å². The minimum atomic E-state index is -0.537. The van der Waals surface area contributed by atoms with Crippen LogP contribution in [0.5, 0.6) is 0 Å². The third kappa shape index (κ3) is 2.68. The molecule has 0 bridgehead atoms. The molecule has 21 heavy (non-hydrogen) atoms. The highest BCUT2D eigenvalue weighted by atomic mass is 32.1. The number of hydrogen-bond donors (Lipinski definition) is 1. The van der Waals surface area contributed by atoms with Gasteiger partial charge in [0.05, 0.1) is 5.39 Å². The molecule has 1 amide bonds. The van der Waals surface area contributed by atoms with Crippen LogP contribution in [-0.4, -0.2) is 16.1 Å². The molecule has 0 unspecified atom stereocenters. The van der Waals surface area contributed by atoms with Crippen molar-refractivity contribution in [1.82, 2.24) is 10.2 Å². The van der Waals surface area contributed by atoms with Gasteiger partial charge in [0.2, 0.25) is 5.13 Å². The first-order valence-electron chi connectivity index (χ1n) is 6.34. The highest BCUT2D eigenvalue weighted by Gasteiger charge is 2.14. The number of nitrogens with one attached hydrogen (secondary N) is 1. The zero-order valence-electron chi connectivity index (χ0n) is 11.1. The van der Waals surface area contributed by atoms with Crippen LogP contribution in [0.25, 0.3) is 10.8 Å². The van der Waals surface area contributed by atoms with Gasteiger partial charge in [-0.2, -0.15) is 0 Å². The zero-order valence-corrected chi connectivity index (χ0v) is 11.9. The minimum absolute atomic E-state index is 0.0491. The van der Waals surface area contributed by atoms with Gasteiger partial charge in [0.1, 0.15) is 5.01 Å². The second kappa shape index (κ2) is 5.45. The van der Waals surface area contributed by atoms with E-state index in [1.165, 1.54) is 17.4 Å². The average Bonchev–Trinajstić information content (AvgIpc) is 2.95. The molecule has 3 rings (SSSR count). The first-order chi connectivity index (χ1) is 10.2. The number of aromatic nitrogens is 2. The van der Waals surface area contributed by atoms with E-state index in [-0.39, 0.29) is 5.76 Å². The van der Waals surface area contributed by atoms with Crippen LogP contribution >= 0.6 is 11.3 Å². The smallest absolute Gasteiger partial charge is 0.344 e. The third-order valence-electron chi connectivity index (χ3n) is 2.88. The molecule has 2 heterocycles. The molecule has 0 aliphatic rings. The number of anilines is 1. The largest absolute Gasteiger partial charge is 0.417 e. The van der Waals surface area contributed by atoms with E-state index < -0.39 is 11.5 Å². The maximum absolute atomic E-state index is 12.1. The van der Waals surface area contributed by atoms with Crippen molar-refractivity contribution in [2.75, 3.05) is 5.32 Å². The molecule has 3 aromatic rings. The first-order valence-corrected chi connectivity index (χ1v) is 7.15. The molecule has 1 aromatic carbocycles. The quantitative estimate of drug-likeness (QED) is 0.803. The van der Waals surface area contributed by atoms with Crippen molar-refractivity contribution in [1.29, 1.82) is 0 Å². The Kier molecular flexibility index (Phi) is 3.49. The monoisotopic (exact) mass is 301 g/mol. The second-order valence-corrected chi connectivity index (χ2v) is 5.36. The molecular formula is C14H11N3O3S. The Balaban J connectivity index is 1.92. The number of amides is 1. The van der Waals surface area contributed by atoms with Crippen molar-refractivity contribution in [2.24, 2.45) is 0 Å². The van der Waals surface area contributed by atoms with Crippen LogP contribution in [0, 0.1) is 0 Å². The maximum Gasteiger partial charge on any atom is 0.344 e. The summed E-state index contributed by atoms with van der Waals surface area (Å²) in [5.74, 6) is -0.566. The first kappa shape index (κ1) is 13.4. The van der Waals surface area contributed by atoms with Crippen LogP contribution in [0.15, 0.2) is 39.5 Å². The van der Waals surface area contributed by atoms with Crippen molar-refractivity contribution in [2.45, 2.75) is 13.3 Å². The number of fused-ring (bicyclic) bond motifs is 1. The van der Waals surface area contributed by atoms with E-state index in [0.29, 0.717) is 15.9 Å². The van der Waals surface area contributed by atoms with Gasteiger partial charge in [-0.05, 0) is 23.9 Å². The van der Waals surface area contributed by atoms with Crippen molar-refractivity contribution in [3.8, 4) is 0 Å². The van der Waals surface area contributed by atoms with Gasteiger partial charge in [0, 0.05) is 0 Å². The number of aryl methyl sites for hydroxylation is 1. The average molecular weight is 301 g/mol. The van der Waals surface area contributed by atoms with E-state index in [2.05, 4.69) is 15.5 Å². The Hall–Kier alpha value is -2.54. The minimum Gasteiger partial charge on any atom is -0.417 e. The molecule has 2 aromatic heterocycles. The Morgan fingerprint density at radius 2 is 2.14 bits per heavy atom. The predicted molar refractivity (Wildman–Crippen MR) is 79.7 cm³/mol. The topological polar surface area (TPSA) is 85.1 Å². The van der Waals surface area contributed by atoms with Crippen molar-refractivity contribution in [3.63, 3.8) is 0 Å². The second-order valence-electron chi connectivity index (χ2n) is 4.29. The Bertz CT molecular complexity index is 869. The molecule has 0 atom stereocenters. The Morgan fingerprint density at radius 3 is 2.90 bits per heavy atom. The number of hydrogen-bond acceptors (Lipinski definition) is 6. The predicted octanol–water partition coefficient (Wildman–Crippen LogP) is 2.46. The molecule has 0 saturated carbocycles. The van der Waals surface area contributed by atoms with Gasteiger partial charge in [-0.1, -0.05) is 36.5 Å². The SMILES string of the molecule is CCc1nnc(NC(=O)c2cc3ccccc3c(=O)o2)s1. The lowest BCUT2D eigenvalue weighted by atomic mass is 10.1. The molecule has 0 spiro atoms. The summed E-state index contributed by atoms with van der Waals surface area (Å²) in [5.41, 5.74) is -0.537. The van der Waals surface area contributed by atoms with E-state index in [4.69, 9.17) is 4.42 Å². The van der Waals surface area contributed by atoms with E-state index >= 15 is 0 Å². The van der Waals surface area contributed by atoms with Crippen molar-refractivity contribution < 1.29 is 9.21 Å². The fraction of sp³-hybridized carbons (Fsp3) is 0.143. The highest BCUT2D eigenvalue weighted by molar-refractivity contribution is 7.15. The third-order valence-corrected chi connectivity index (χ3v) is 3.87. The summed E-state index contributed by atoms with van der Waals surface area (Å²) in [5, 5.41) is 12.6. The summed E-state index contributed by atoms with van der Waals surface area (Å²) >= 11 is 1.29. The zero-order chi connectivity index (χ0) is 14.8. The lowest BCUT2D eigenvalue weighted by Gasteiger charge is -2.01. The fourth-order valence-electron chi connectivity index (χ4n) is 1.85. The van der Waals surface area contributed by atoms with Gasteiger partial charge in [-0.25, -0.2) is 4.79 Å². The maximum atomic E-state index is 12.1. The molecule has 6 nitrogen and oxygen atoms in total. The molecule has 1 N–H and O–H groups in total. The van der Waals surface area contributed by atoms with Crippen LogP contribution in [-0.2, 0) is 6.42 Å². The number of carbonyl (C=O) groups excluding carboxylic acids is 1. The molecule has 0 saturated heterocycles. The molecule has 7 heteroatoms. The fourth-order valence-corrected chi connectivity index (χ4v) is 2.53. The molecular weight excluding hydrogens is 290 g/mol. The van der Waals surface area contributed by atoms with Gasteiger partial charge >= 0.3 is 5.63 Å². The summed E-state index contributed by atoms with van der Waals surface area (Å²) in [6.07, 6.45) is 0.749. The molecule has 0 fully saturated rings. The van der Waals surface area contributed by atoms with Crippen LogP contribution < -0.4 is 10.9 Å². The van der Waals surface area contributed by atoms with E-state index in [1.54, 1.807) is 24.3 Å². The number of carbonyl (C=O) groups is 1. The van der Waals surface area contributed by atoms with Gasteiger partial charge < -0.3 is 4.42 Å². The molecule has 0 aliphatic heterocycles. The number of nitrogens with zero attached hydrogens (tertiary/aromatic N) is 2. The number of benzene rings is 1. The van der Waals surface area contributed by atoms with Crippen LogP contribution in [0.2, 0.25) is 0 Å². The Labute approximate surface area is 123 Å². The van der Waals surface area contributed by atoms with Gasteiger partial charge in [-0.15, -0.1) is 10.2 Å².